The molecule has 0 unspecified atom stereocenters. The number of hydrogen-bond acceptors (Lipinski definition) is 9. The number of nitrogens with zero attached hydrogens (tertiary/aromatic N) is 12. The maximum absolute atomic E-state index is 7.99. The third-order valence-electron chi connectivity index (χ3n) is 28.5. The van der Waals surface area contributed by atoms with Gasteiger partial charge in [-0.1, -0.05) is 472 Å². The van der Waals surface area contributed by atoms with Crippen LogP contribution in [0, 0.1) is 19.7 Å². The molecule has 0 aliphatic heterocycles. The molecule has 3 aliphatic carbocycles. The summed E-state index contributed by atoms with van der Waals surface area (Å²) in [5.41, 5.74) is 36.4. The van der Waals surface area contributed by atoms with Crippen molar-refractivity contribution in [2.24, 2.45) is 0 Å². The SMILES string of the molecule is [C-]#[N+]c1cccc2c1-c1c(-c3ccccc3-c3nc(-c4ccccc4)nc(-c4ccc5ccccc5c4)n3)cccc1C2(C)C.[C-]#[N+]c1cccc2c1-c1cc(-c3ccccc3-c3nc(-c4ccccc4)nc(-c4cccc(-c5ccccc5)c4)n3)ccc1C2(C)C.[C-]#[N+]c1cccc2c1-c1cccc(-c3ccccc3-c3nc(-c4ccc(-c5ccccc5)cc4)nc(-c4ccc(-c5ccccc5)cc4)n3)c1C2(C)C. The van der Waals surface area contributed by atoms with Gasteiger partial charge in [0.2, 0.25) is 0 Å². The number of hydrogen-bond donors (Lipinski definition) is 0. The zero-order valence-electron chi connectivity index (χ0n) is 80.6. The van der Waals surface area contributed by atoms with E-state index in [1.165, 1.54) is 38.8 Å². The van der Waals surface area contributed by atoms with E-state index in [0.717, 1.165) is 156 Å². The number of benzene rings is 19. The molecule has 12 nitrogen and oxygen atoms in total. The van der Waals surface area contributed by atoms with Crippen molar-refractivity contribution in [2.75, 3.05) is 0 Å². The highest BCUT2D eigenvalue weighted by molar-refractivity contribution is 6.02. The van der Waals surface area contributed by atoms with Crippen molar-refractivity contribution >= 4 is 27.8 Å². The maximum Gasteiger partial charge on any atom is 0.195 e. The van der Waals surface area contributed by atoms with Crippen molar-refractivity contribution in [3.8, 4) is 203 Å². The van der Waals surface area contributed by atoms with Crippen molar-refractivity contribution in [1.82, 2.24) is 44.9 Å². The monoisotopic (exact) mass is 1860 g/mol. The van der Waals surface area contributed by atoms with Crippen LogP contribution in [0.1, 0.15) is 74.9 Å². The number of fused-ring (bicyclic) bond motifs is 10. The largest absolute Gasteiger partial charge is 0.238 e. The Bertz CT molecular complexity index is 8870. The molecule has 0 bridgehead atoms. The molecule has 12 heteroatoms. The van der Waals surface area contributed by atoms with E-state index in [9.17, 15) is 0 Å². The number of rotatable bonds is 15. The summed E-state index contributed by atoms with van der Waals surface area (Å²) in [6, 6.07) is 154. The van der Waals surface area contributed by atoms with Gasteiger partial charge in [0.05, 0.1) is 19.7 Å². The first kappa shape index (κ1) is 89.8. The Morgan fingerprint density at radius 2 is 0.441 bits per heavy atom. The Kier molecular flexibility index (Phi) is 23.3. The molecule has 684 valence electrons. The fourth-order valence-corrected chi connectivity index (χ4v) is 21.3. The van der Waals surface area contributed by atoms with Crippen LogP contribution in [0.5, 0.6) is 0 Å². The first-order valence-corrected chi connectivity index (χ1v) is 48.6. The second-order valence-corrected chi connectivity index (χ2v) is 38.2. The summed E-state index contributed by atoms with van der Waals surface area (Å²) in [5, 5.41) is 2.31. The van der Waals surface area contributed by atoms with Crippen molar-refractivity contribution < 1.29 is 0 Å². The Labute approximate surface area is 843 Å². The minimum absolute atomic E-state index is 0.189. The van der Waals surface area contributed by atoms with Crippen LogP contribution in [0.15, 0.2) is 449 Å². The van der Waals surface area contributed by atoms with Gasteiger partial charge in [-0.3, -0.25) is 0 Å². The van der Waals surface area contributed by atoms with Gasteiger partial charge in [0.15, 0.2) is 69.5 Å². The average molecular weight is 1860 g/mol. The Hall–Kier alpha value is -19.1. The minimum atomic E-state index is -0.314. The fourth-order valence-electron chi connectivity index (χ4n) is 21.3. The van der Waals surface area contributed by atoms with Gasteiger partial charge in [-0.15, -0.1) is 0 Å². The van der Waals surface area contributed by atoms with Gasteiger partial charge in [-0.25, -0.2) is 59.4 Å². The topological polar surface area (TPSA) is 129 Å². The summed E-state index contributed by atoms with van der Waals surface area (Å²) in [5.74, 6) is 5.53. The highest BCUT2D eigenvalue weighted by Crippen LogP contribution is 2.59. The lowest BCUT2D eigenvalue weighted by atomic mass is 9.78. The van der Waals surface area contributed by atoms with Crippen LogP contribution in [0.3, 0.4) is 0 Å². The van der Waals surface area contributed by atoms with Gasteiger partial charge in [0.25, 0.3) is 0 Å². The summed E-state index contributed by atoms with van der Waals surface area (Å²) in [7, 11) is 0. The minimum Gasteiger partial charge on any atom is -0.238 e. The zero-order valence-corrected chi connectivity index (χ0v) is 80.6. The Balaban J connectivity index is 0.000000121. The van der Waals surface area contributed by atoms with Crippen LogP contribution < -0.4 is 0 Å². The van der Waals surface area contributed by atoms with E-state index in [1.54, 1.807) is 0 Å². The van der Waals surface area contributed by atoms with E-state index < -0.39 is 0 Å². The molecule has 0 saturated carbocycles. The second kappa shape index (κ2) is 37.6. The summed E-state index contributed by atoms with van der Waals surface area (Å²) < 4.78 is 0. The molecule has 0 fully saturated rings. The molecular weight excluding hydrogens is 1770 g/mol. The molecule has 0 N–H and O–H groups in total. The van der Waals surface area contributed by atoms with Gasteiger partial charge in [-0.2, -0.15) is 0 Å². The molecule has 3 aromatic heterocycles. The highest BCUT2D eigenvalue weighted by atomic mass is 15.1. The molecule has 3 aliphatic rings. The molecule has 0 saturated heterocycles. The van der Waals surface area contributed by atoms with E-state index in [1.807, 2.05) is 140 Å². The van der Waals surface area contributed by atoms with Crippen LogP contribution in [0.25, 0.3) is 228 Å². The van der Waals surface area contributed by atoms with Crippen molar-refractivity contribution in [2.45, 2.75) is 57.8 Å². The van der Waals surface area contributed by atoms with Gasteiger partial charge < -0.3 is 0 Å². The van der Waals surface area contributed by atoms with Crippen LogP contribution in [-0.4, -0.2) is 44.9 Å². The second-order valence-electron chi connectivity index (χ2n) is 38.2. The molecular formula is C133H92N12. The zero-order chi connectivity index (χ0) is 98.4. The average Bonchev–Trinajstić information content (AvgIpc) is 1.56. The Morgan fingerprint density at radius 1 is 0.159 bits per heavy atom. The summed E-state index contributed by atoms with van der Waals surface area (Å²) in [4.78, 5) is 57.6. The lowest BCUT2D eigenvalue weighted by Crippen LogP contribution is -2.16. The third-order valence-corrected chi connectivity index (χ3v) is 28.5. The van der Waals surface area contributed by atoms with Crippen LogP contribution in [-0.2, 0) is 16.2 Å². The predicted octanol–water partition coefficient (Wildman–Crippen LogP) is 34.3. The first-order valence-electron chi connectivity index (χ1n) is 48.6. The lowest BCUT2D eigenvalue weighted by molar-refractivity contribution is 0.660. The van der Waals surface area contributed by atoms with Crippen molar-refractivity contribution in [3.05, 3.63) is 517 Å². The summed E-state index contributed by atoms with van der Waals surface area (Å²) in [6.07, 6.45) is 0. The van der Waals surface area contributed by atoms with E-state index in [4.69, 9.17) is 64.6 Å². The normalized spacial score (nSPS) is 12.6. The highest BCUT2D eigenvalue weighted by Gasteiger charge is 2.42. The van der Waals surface area contributed by atoms with E-state index in [0.29, 0.717) is 69.5 Å². The van der Waals surface area contributed by atoms with Gasteiger partial charge in [0, 0.05) is 66.3 Å². The van der Waals surface area contributed by atoms with Crippen molar-refractivity contribution in [3.63, 3.8) is 0 Å². The maximum atomic E-state index is 7.99. The van der Waals surface area contributed by atoms with E-state index in [-0.39, 0.29) is 16.2 Å². The molecule has 145 heavy (non-hydrogen) atoms. The molecule has 0 amide bonds. The smallest absolute Gasteiger partial charge is 0.195 e. The molecule has 25 rings (SSSR count). The van der Waals surface area contributed by atoms with Crippen LogP contribution in [0.4, 0.5) is 17.1 Å². The Morgan fingerprint density at radius 3 is 0.931 bits per heavy atom. The molecule has 19 aromatic carbocycles. The van der Waals surface area contributed by atoms with Gasteiger partial charge in [0.1, 0.15) is 0 Å². The van der Waals surface area contributed by atoms with E-state index >= 15 is 0 Å². The summed E-state index contributed by atoms with van der Waals surface area (Å²) in [6.45, 7) is 37.3. The van der Waals surface area contributed by atoms with Crippen LogP contribution >= 0.6 is 0 Å². The van der Waals surface area contributed by atoms with Crippen molar-refractivity contribution in [1.29, 1.82) is 0 Å². The first-order chi connectivity index (χ1) is 71.0. The van der Waals surface area contributed by atoms with Gasteiger partial charge in [-0.05, 0) is 162 Å². The lowest BCUT2D eigenvalue weighted by Gasteiger charge is -2.25. The molecule has 0 spiro atoms. The standard InChI is InChI=1S/C49H34N4.C43H30N4.C41H28N4/c1-49(2)42-22-13-23-43(50-3)44(42)41-21-12-20-39(45(41)49)38-18-10-11-19-40(38)48-52-46(36-28-24-34(25-29-36)32-14-6-4-7-15-32)51-47(53-48)37-30-26-35(27-31-37)33-16-8-5-9-17-33;1-43(2)36-25-24-31(27-35(36)39-37(43)22-13-23-38(39)44-3)33-20-10-11-21-34(33)42-46-40(29-16-8-5-9-17-29)45-41(47-42)32-19-12-18-30(26-32)28-14-6-4-7-15-28;1-41(2)33-20-11-19-31(36(33)37-34(41)21-12-22-35(37)42-3)30-17-9-10-18-32(30)40-44-38(27-14-5-4-6-15-27)43-39(45-40)29-24-23-26-13-7-8-16-28(26)25-29/h4-31H,1-2H3;4-27H,1-2H3;4-25H,1-2H3. The van der Waals surface area contributed by atoms with Crippen LogP contribution in [0.2, 0.25) is 0 Å². The molecule has 0 atom stereocenters. The quantitative estimate of drug-likeness (QED) is 0.0921. The van der Waals surface area contributed by atoms with E-state index in [2.05, 4.69) is 365 Å². The van der Waals surface area contributed by atoms with Gasteiger partial charge >= 0.3 is 0 Å². The third kappa shape index (κ3) is 16.6. The molecule has 0 radical (unpaired) electrons. The predicted molar refractivity (Wildman–Crippen MR) is 590 cm³/mol. The summed E-state index contributed by atoms with van der Waals surface area (Å²) >= 11 is 0. The fraction of sp³-hybridized carbons (Fsp3) is 0.0677. The number of aromatic nitrogens is 9. The molecule has 3 heterocycles. The molecule has 22 aromatic rings.